The first-order valence-electron chi connectivity index (χ1n) is 10.4. The number of fused-ring (bicyclic) bond motifs is 2. The maximum absolute atomic E-state index is 10.9. The number of aliphatic carboxylic acids is 1. The van der Waals surface area contributed by atoms with Gasteiger partial charge in [-0.2, -0.15) is 0 Å². The van der Waals surface area contributed by atoms with Gasteiger partial charge in [0.1, 0.15) is 11.5 Å². The molecule has 160 valence electrons. The number of methoxy groups -OCH3 is 1. The molecule has 30 heavy (non-hydrogen) atoms. The predicted octanol–water partition coefficient (Wildman–Crippen LogP) is 5.49. The first-order valence-corrected chi connectivity index (χ1v) is 10.4. The second kappa shape index (κ2) is 9.70. The number of carboxylic acids is 1. The largest absolute Gasteiger partial charge is 0.497 e. The maximum Gasteiger partial charge on any atom is 0.303 e. The van der Waals surface area contributed by atoms with Gasteiger partial charge in [0, 0.05) is 24.2 Å². The number of benzene rings is 2. The van der Waals surface area contributed by atoms with E-state index >= 15 is 0 Å². The fourth-order valence-corrected chi connectivity index (χ4v) is 3.81. The van der Waals surface area contributed by atoms with Gasteiger partial charge in [-0.3, -0.25) is 4.79 Å². The lowest BCUT2D eigenvalue weighted by Gasteiger charge is -2.32. The number of ether oxygens (including phenoxy) is 2. The van der Waals surface area contributed by atoms with Crippen LogP contribution in [0.4, 0.5) is 5.69 Å². The smallest absolute Gasteiger partial charge is 0.303 e. The minimum Gasteiger partial charge on any atom is -0.497 e. The first-order chi connectivity index (χ1) is 14.4. The van der Waals surface area contributed by atoms with Gasteiger partial charge in [-0.15, -0.1) is 0 Å². The van der Waals surface area contributed by atoms with Gasteiger partial charge in [0.25, 0.3) is 0 Å². The number of rotatable bonds is 6. The fraction of sp³-hybridized carbons (Fsp3) is 0.400. The molecule has 0 aromatic heterocycles. The maximum atomic E-state index is 10.9. The van der Waals surface area contributed by atoms with E-state index in [1.54, 1.807) is 7.11 Å². The number of nitrogens with zero attached hydrogens (tertiary/aromatic N) is 1. The molecule has 0 fully saturated rings. The second-order valence-corrected chi connectivity index (χ2v) is 8.30. The molecule has 1 N–H and O–H groups in total. The zero-order chi connectivity index (χ0) is 21.6. The molecular formula is C25H31NO4. The molecule has 0 radical (unpaired) electrons. The number of hydrogen-bond acceptors (Lipinski definition) is 4. The van der Waals surface area contributed by atoms with Gasteiger partial charge in [-0.05, 0) is 54.5 Å². The van der Waals surface area contributed by atoms with E-state index in [-0.39, 0.29) is 11.8 Å². The summed E-state index contributed by atoms with van der Waals surface area (Å²) in [4.78, 5) is 13.1. The van der Waals surface area contributed by atoms with E-state index in [2.05, 4.69) is 49.1 Å². The Morgan fingerprint density at radius 3 is 2.77 bits per heavy atom. The molecule has 0 saturated carbocycles. The van der Waals surface area contributed by atoms with Gasteiger partial charge < -0.3 is 19.5 Å². The molecule has 2 aromatic rings. The van der Waals surface area contributed by atoms with Gasteiger partial charge in [0.15, 0.2) is 6.73 Å². The Labute approximate surface area is 178 Å². The monoisotopic (exact) mass is 409 g/mol. The number of unbranched alkanes of at least 4 members (excludes halogenated alkanes) is 1. The highest BCUT2D eigenvalue weighted by Crippen LogP contribution is 2.37. The zero-order valence-electron chi connectivity index (χ0n) is 18.1. The van der Waals surface area contributed by atoms with Crippen LogP contribution in [0, 0.1) is 0 Å². The van der Waals surface area contributed by atoms with Crippen LogP contribution in [0.25, 0.3) is 6.08 Å². The molecule has 0 spiro atoms. The van der Waals surface area contributed by atoms with Crippen molar-refractivity contribution in [3.63, 3.8) is 0 Å². The minimum absolute atomic E-state index is 0.0597. The molecule has 0 atom stereocenters. The van der Waals surface area contributed by atoms with Crippen LogP contribution in [0.3, 0.4) is 0 Å². The normalized spacial score (nSPS) is 16.4. The molecule has 0 bridgehead atoms. The van der Waals surface area contributed by atoms with Crippen molar-refractivity contribution in [1.82, 2.24) is 0 Å². The molecule has 2 aromatic carbocycles. The van der Waals surface area contributed by atoms with Crippen molar-refractivity contribution in [2.45, 2.75) is 44.9 Å². The lowest BCUT2D eigenvalue weighted by molar-refractivity contribution is -0.137. The average Bonchev–Trinajstić information content (AvgIpc) is 2.74. The van der Waals surface area contributed by atoms with Crippen molar-refractivity contribution in [2.24, 2.45) is 0 Å². The quantitative estimate of drug-likeness (QED) is 0.640. The summed E-state index contributed by atoms with van der Waals surface area (Å²) in [6.45, 7) is 5.64. The van der Waals surface area contributed by atoms with Crippen molar-refractivity contribution >= 4 is 17.7 Å². The topological polar surface area (TPSA) is 59.0 Å². The van der Waals surface area contributed by atoms with E-state index < -0.39 is 5.97 Å². The minimum atomic E-state index is -0.751. The van der Waals surface area contributed by atoms with Crippen LogP contribution < -0.4 is 14.4 Å². The molecule has 5 nitrogen and oxygen atoms in total. The summed E-state index contributed by atoms with van der Waals surface area (Å²) in [6, 6.07) is 14.3. The van der Waals surface area contributed by atoms with E-state index in [0.29, 0.717) is 13.2 Å². The van der Waals surface area contributed by atoms with Gasteiger partial charge in [-0.1, -0.05) is 44.2 Å². The predicted molar refractivity (Wildman–Crippen MR) is 120 cm³/mol. The summed E-state index contributed by atoms with van der Waals surface area (Å²) >= 11 is 0. The molecule has 0 aliphatic carbocycles. The lowest BCUT2D eigenvalue weighted by Crippen LogP contribution is -2.32. The molecule has 1 aliphatic rings. The second-order valence-electron chi connectivity index (χ2n) is 8.30. The van der Waals surface area contributed by atoms with Crippen molar-refractivity contribution in [1.29, 1.82) is 0 Å². The van der Waals surface area contributed by atoms with Crippen LogP contribution in [0.1, 0.15) is 50.7 Å². The Morgan fingerprint density at radius 2 is 2.00 bits per heavy atom. The van der Waals surface area contributed by atoms with Crippen molar-refractivity contribution in [2.75, 3.05) is 25.3 Å². The van der Waals surface area contributed by atoms with Crippen LogP contribution in [0.2, 0.25) is 0 Å². The summed E-state index contributed by atoms with van der Waals surface area (Å²) < 4.78 is 11.6. The van der Waals surface area contributed by atoms with Gasteiger partial charge in [-0.25, -0.2) is 0 Å². The van der Waals surface area contributed by atoms with Crippen LogP contribution in [-0.4, -0.2) is 31.5 Å². The number of anilines is 1. The summed E-state index contributed by atoms with van der Waals surface area (Å²) in [7, 11) is 1.66. The number of carboxylic acid groups (broad SMARTS) is 1. The van der Waals surface area contributed by atoms with Gasteiger partial charge in [0.2, 0.25) is 0 Å². The zero-order valence-corrected chi connectivity index (χ0v) is 18.1. The third kappa shape index (κ3) is 5.35. The van der Waals surface area contributed by atoms with E-state index in [4.69, 9.17) is 14.6 Å². The van der Waals surface area contributed by atoms with E-state index in [1.165, 1.54) is 5.56 Å². The highest BCUT2D eigenvalue weighted by atomic mass is 16.5. The third-order valence-corrected chi connectivity index (χ3v) is 5.56. The standard InChI is InChI=1S/C25H31NO4/c1-25(2)15-8-9-19-17-20(29-3)13-14-23(19)30-18-26(16-7-6-12-24(27)28)22-11-5-4-10-21(22)25/h4-5,8-11,13-14,17H,6-7,12,15-16,18H2,1-3H3,(H,27,28)/b9-8-. The van der Waals surface area contributed by atoms with E-state index in [0.717, 1.165) is 42.1 Å². The van der Waals surface area contributed by atoms with Crippen molar-refractivity contribution in [3.05, 3.63) is 59.7 Å². The van der Waals surface area contributed by atoms with Gasteiger partial charge in [0.05, 0.1) is 7.11 Å². The molecule has 0 saturated heterocycles. The highest BCUT2D eigenvalue weighted by molar-refractivity contribution is 5.66. The number of para-hydroxylation sites is 1. The Morgan fingerprint density at radius 1 is 1.20 bits per heavy atom. The van der Waals surface area contributed by atoms with E-state index in [9.17, 15) is 4.79 Å². The highest BCUT2D eigenvalue weighted by Gasteiger charge is 2.25. The van der Waals surface area contributed by atoms with E-state index in [1.807, 2.05) is 24.3 Å². The number of hydrogen-bond donors (Lipinski definition) is 1. The number of carbonyl (C=O) groups is 1. The van der Waals surface area contributed by atoms with Crippen molar-refractivity contribution in [3.8, 4) is 11.5 Å². The third-order valence-electron chi connectivity index (χ3n) is 5.56. The SMILES string of the molecule is COc1ccc2c(c1)/C=C\CC(C)(C)c1ccccc1N(CCCCC(=O)O)CO2. The summed E-state index contributed by atoms with van der Waals surface area (Å²) in [5.74, 6) is 0.851. The number of allylic oxidation sites excluding steroid dienone is 1. The fourth-order valence-electron chi connectivity index (χ4n) is 3.81. The van der Waals surface area contributed by atoms with Gasteiger partial charge >= 0.3 is 5.97 Å². The van der Waals surface area contributed by atoms with Crippen LogP contribution in [-0.2, 0) is 10.2 Å². The Kier molecular flexibility index (Phi) is 7.03. The molecule has 5 heteroatoms. The van der Waals surface area contributed by atoms with Crippen molar-refractivity contribution < 1.29 is 19.4 Å². The Bertz CT molecular complexity index is 904. The Hall–Kier alpha value is -2.95. The molecule has 3 rings (SSSR count). The summed E-state index contributed by atoms with van der Waals surface area (Å²) in [5, 5.41) is 8.96. The van der Waals surface area contributed by atoms with Crippen LogP contribution in [0.15, 0.2) is 48.5 Å². The molecule has 1 heterocycles. The van der Waals surface area contributed by atoms with Crippen LogP contribution in [0.5, 0.6) is 11.5 Å². The van der Waals surface area contributed by atoms with Crippen LogP contribution >= 0.6 is 0 Å². The molecule has 0 unspecified atom stereocenters. The molecule has 1 aliphatic heterocycles. The summed E-state index contributed by atoms with van der Waals surface area (Å²) in [5.41, 5.74) is 3.33. The lowest BCUT2D eigenvalue weighted by atomic mass is 9.80. The molecule has 0 amide bonds. The Balaban J connectivity index is 1.95. The molecular weight excluding hydrogens is 378 g/mol. The average molecular weight is 410 g/mol. The summed E-state index contributed by atoms with van der Waals surface area (Å²) in [6.07, 6.45) is 6.80. The first kappa shape index (κ1) is 21.8.